The summed E-state index contributed by atoms with van der Waals surface area (Å²) in [5.41, 5.74) is 5.91. The molecular weight excluding hydrogens is 220 g/mol. The summed E-state index contributed by atoms with van der Waals surface area (Å²) >= 11 is 1.56. The van der Waals surface area contributed by atoms with Gasteiger partial charge in [0, 0.05) is 17.0 Å². The Balaban J connectivity index is 1.87. The number of thiophene rings is 1. The molecule has 16 heavy (non-hydrogen) atoms. The van der Waals surface area contributed by atoms with Crippen LogP contribution in [0.4, 0.5) is 0 Å². The number of hydrogen-bond acceptors (Lipinski definition) is 3. The third kappa shape index (κ3) is 2.44. The minimum absolute atomic E-state index is 0.0152. The summed E-state index contributed by atoms with van der Waals surface area (Å²) in [6.45, 7) is 2.70. The van der Waals surface area contributed by atoms with Crippen molar-refractivity contribution < 1.29 is 4.79 Å². The molecule has 1 aliphatic carbocycles. The zero-order chi connectivity index (χ0) is 11.6. The first-order valence-corrected chi connectivity index (χ1v) is 6.60. The summed E-state index contributed by atoms with van der Waals surface area (Å²) < 4.78 is 0. The first-order valence-electron chi connectivity index (χ1n) is 5.79. The molecular formula is C12H18N2OS. The lowest BCUT2D eigenvalue weighted by Crippen LogP contribution is -2.54. The molecule has 0 aliphatic heterocycles. The van der Waals surface area contributed by atoms with Crippen LogP contribution in [0.1, 0.15) is 40.7 Å². The first-order chi connectivity index (χ1) is 7.63. The van der Waals surface area contributed by atoms with Gasteiger partial charge in [-0.25, -0.2) is 0 Å². The van der Waals surface area contributed by atoms with Gasteiger partial charge in [0.15, 0.2) is 0 Å². The van der Waals surface area contributed by atoms with E-state index in [4.69, 9.17) is 5.73 Å². The summed E-state index contributed by atoms with van der Waals surface area (Å²) in [4.78, 5) is 13.8. The van der Waals surface area contributed by atoms with Crippen LogP contribution >= 0.6 is 11.3 Å². The van der Waals surface area contributed by atoms with Gasteiger partial charge in [0.25, 0.3) is 5.91 Å². The molecule has 0 unspecified atom stereocenters. The maximum atomic E-state index is 11.8. The number of nitrogens with two attached hydrogens (primary N) is 1. The van der Waals surface area contributed by atoms with Crippen molar-refractivity contribution in [3.8, 4) is 0 Å². The van der Waals surface area contributed by atoms with Crippen molar-refractivity contribution in [1.29, 1.82) is 0 Å². The van der Waals surface area contributed by atoms with Gasteiger partial charge in [-0.05, 0) is 37.8 Å². The molecule has 1 heterocycles. The van der Waals surface area contributed by atoms with Gasteiger partial charge in [0.1, 0.15) is 0 Å². The molecule has 2 rings (SSSR count). The van der Waals surface area contributed by atoms with Crippen molar-refractivity contribution in [1.82, 2.24) is 5.32 Å². The molecule has 1 aromatic heterocycles. The molecule has 3 N–H and O–H groups in total. The van der Waals surface area contributed by atoms with E-state index in [1.165, 1.54) is 11.3 Å². The smallest absolute Gasteiger partial charge is 0.261 e. The van der Waals surface area contributed by atoms with Crippen LogP contribution in [0.15, 0.2) is 12.1 Å². The molecule has 4 heteroatoms. The molecule has 1 fully saturated rings. The number of rotatable bonds is 4. The monoisotopic (exact) mass is 238 g/mol. The highest BCUT2D eigenvalue weighted by atomic mass is 32.1. The Morgan fingerprint density at radius 2 is 2.31 bits per heavy atom. The molecule has 0 saturated heterocycles. The third-order valence-corrected chi connectivity index (χ3v) is 4.41. The Bertz CT molecular complexity index is 382. The fourth-order valence-corrected chi connectivity index (χ4v) is 2.70. The Morgan fingerprint density at radius 3 is 2.81 bits per heavy atom. The Kier molecular flexibility index (Phi) is 3.30. The average molecular weight is 238 g/mol. The van der Waals surface area contributed by atoms with Gasteiger partial charge in [-0.2, -0.15) is 0 Å². The van der Waals surface area contributed by atoms with Gasteiger partial charge in [0.05, 0.1) is 4.88 Å². The summed E-state index contributed by atoms with van der Waals surface area (Å²) in [5, 5.41) is 2.93. The second-order valence-electron chi connectivity index (χ2n) is 4.52. The van der Waals surface area contributed by atoms with Crippen molar-refractivity contribution >= 4 is 17.2 Å². The van der Waals surface area contributed by atoms with Crippen molar-refractivity contribution in [2.75, 3.05) is 6.54 Å². The maximum Gasteiger partial charge on any atom is 0.261 e. The van der Waals surface area contributed by atoms with Crippen LogP contribution in [-0.4, -0.2) is 18.0 Å². The van der Waals surface area contributed by atoms with Gasteiger partial charge in [-0.1, -0.05) is 6.92 Å². The van der Waals surface area contributed by atoms with E-state index < -0.39 is 0 Å². The highest BCUT2D eigenvalue weighted by Crippen LogP contribution is 2.28. The standard InChI is InChI=1S/C12H18N2OS/c1-2-9-4-5-10(16-9)11(15)14-8-12(13)6-3-7-12/h4-5H,2-3,6-8,13H2,1H3,(H,14,15). The van der Waals surface area contributed by atoms with Crippen LogP contribution in [0.5, 0.6) is 0 Å². The zero-order valence-electron chi connectivity index (χ0n) is 9.58. The summed E-state index contributed by atoms with van der Waals surface area (Å²) in [6, 6.07) is 3.91. The van der Waals surface area contributed by atoms with Crippen LogP contribution in [0, 0.1) is 0 Å². The normalized spacial score (nSPS) is 17.9. The molecule has 88 valence electrons. The quantitative estimate of drug-likeness (QED) is 0.842. The number of hydrogen-bond donors (Lipinski definition) is 2. The number of nitrogens with one attached hydrogen (secondary N) is 1. The van der Waals surface area contributed by atoms with E-state index in [-0.39, 0.29) is 11.4 Å². The van der Waals surface area contributed by atoms with Gasteiger partial charge >= 0.3 is 0 Å². The van der Waals surface area contributed by atoms with E-state index in [1.807, 2.05) is 12.1 Å². The van der Waals surface area contributed by atoms with Crippen LogP contribution < -0.4 is 11.1 Å². The van der Waals surface area contributed by atoms with Crippen molar-refractivity contribution in [3.05, 3.63) is 21.9 Å². The fraction of sp³-hybridized carbons (Fsp3) is 0.583. The Hall–Kier alpha value is -0.870. The second-order valence-corrected chi connectivity index (χ2v) is 5.69. The topological polar surface area (TPSA) is 55.1 Å². The minimum Gasteiger partial charge on any atom is -0.349 e. The summed E-state index contributed by atoms with van der Waals surface area (Å²) in [5.74, 6) is 0.0152. The average Bonchev–Trinajstić information content (AvgIpc) is 2.71. The van der Waals surface area contributed by atoms with Crippen LogP contribution in [0.2, 0.25) is 0 Å². The molecule has 0 radical (unpaired) electrons. The zero-order valence-corrected chi connectivity index (χ0v) is 10.4. The molecule has 0 spiro atoms. The highest BCUT2D eigenvalue weighted by molar-refractivity contribution is 7.14. The van der Waals surface area contributed by atoms with E-state index in [0.717, 1.165) is 24.1 Å². The Morgan fingerprint density at radius 1 is 1.56 bits per heavy atom. The van der Waals surface area contributed by atoms with Gasteiger partial charge < -0.3 is 11.1 Å². The van der Waals surface area contributed by atoms with E-state index >= 15 is 0 Å². The van der Waals surface area contributed by atoms with Crippen LogP contribution in [-0.2, 0) is 6.42 Å². The van der Waals surface area contributed by atoms with Crippen molar-refractivity contribution in [2.45, 2.75) is 38.1 Å². The molecule has 1 amide bonds. The molecule has 1 saturated carbocycles. The van der Waals surface area contributed by atoms with Crippen LogP contribution in [0.25, 0.3) is 0 Å². The lowest BCUT2D eigenvalue weighted by Gasteiger charge is -2.38. The Labute approximate surface area is 100 Å². The van der Waals surface area contributed by atoms with Gasteiger partial charge in [-0.3, -0.25) is 4.79 Å². The number of amides is 1. The van der Waals surface area contributed by atoms with Crippen molar-refractivity contribution in [3.63, 3.8) is 0 Å². The van der Waals surface area contributed by atoms with Gasteiger partial charge in [0.2, 0.25) is 0 Å². The van der Waals surface area contributed by atoms with Gasteiger partial charge in [-0.15, -0.1) is 11.3 Å². The lowest BCUT2D eigenvalue weighted by molar-refractivity contribution is 0.0934. The fourth-order valence-electron chi connectivity index (χ4n) is 1.84. The van der Waals surface area contributed by atoms with E-state index in [0.29, 0.717) is 6.54 Å². The number of carbonyl (C=O) groups is 1. The first kappa shape index (κ1) is 11.6. The highest BCUT2D eigenvalue weighted by Gasteiger charge is 2.32. The lowest BCUT2D eigenvalue weighted by atomic mass is 9.78. The summed E-state index contributed by atoms with van der Waals surface area (Å²) in [7, 11) is 0. The van der Waals surface area contributed by atoms with E-state index in [9.17, 15) is 4.79 Å². The molecule has 1 aromatic rings. The maximum absolute atomic E-state index is 11.8. The largest absolute Gasteiger partial charge is 0.349 e. The molecule has 1 aliphatic rings. The molecule has 3 nitrogen and oxygen atoms in total. The predicted molar refractivity (Wildman–Crippen MR) is 66.8 cm³/mol. The number of aryl methyl sites for hydroxylation is 1. The van der Waals surface area contributed by atoms with E-state index in [2.05, 4.69) is 12.2 Å². The van der Waals surface area contributed by atoms with E-state index in [1.54, 1.807) is 11.3 Å². The minimum atomic E-state index is -0.138. The molecule has 0 atom stereocenters. The predicted octanol–water partition coefficient (Wildman–Crippen LogP) is 1.92. The second kappa shape index (κ2) is 4.55. The van der Waals surface area contributed by atoms with Crippen LogP contribution in [0.3, 0.4) is 0 Å². The third-order valence-electron chi connectivity index (χ3n) is 3.18. The SMILES string of the molecule is CCc1ccc(C(=O)NCC2(N)CCC2)s1. The number of carbonyl (C=O) groups excluding carboxylic acids is 1. The molecule has 0 bridgehead atoms. The summed E-state index contributed by atoms with van der Waals surface area (Å²) in [6.07, 6.45) is 4.22. The van der Waals surface area contributed by atoms with Crippen molar-refractivity contribution in [2.24, 2.45) is 5.73 Å². The molecule has 0 aromatic carbocycles.